The van der Waals surface area contributed by atoms with Crippen molar-refractivity contribution in [1.82, 2.24) is 4.31 Å². The second-order valence-electron chi connectivity index (χ2n) is 5.55. The molecule has 0 bridgehead atoms. The van der Waals surface area contributed by atoms with Crippen LogP contribution < -0.4 is 5.32 Å². The lowest BCUT2D eigenvalue weighted by Crippen LogP contribution is -2.28. The van der Waals surface area contributed by atoms with Crippen LogP contribution in [0.4, 0.5) is 11.4 Å². The van der Waals surface area contributed by atoms with Gasteiger partial charge in [-0.15, -0.1) is 0 Å². The molecule has 23 heavy (non-hydrogen) atoms. The molecule has 0 spiro atoms. The zero-order valence-corrected chi connectivity index (χ0v) is 14.0. The zero-order chi connectivity index (χ0) is 17.0. The van der Waals surface area contributed by atoms with E-state index >= 15 is 0 Å². The van der Waals surface area contributed by atoms with Gasteiger partial charge < -0.3 is 10.1 Å². The third-order valence-corrected chi connectivity index (χ3v) is 5.58. The minimum atomic E-state index is -3.67. The fourth-order valence-electron chi connectivity index (χ4n) is 2.58. The maximum Gasteiger partial charge on any atom is 0.293 e. The van der Waals surface area contributed by atoms with Gasteiger partial charge in [0.1, 0.15) is 5.69 Å². The minimum absolute atomic E-state index is 0.0453. The largest absolute Gasteiger partial charge is 0.383 e. The first-order valence-corrected chi connectivity index (χ1v) is 8.84. The number of nitrogens with one attached hydrogen (secondary N) is 1. The molecule has 128 valence electrons. The summed E-state index contributed by atoms with van der Waals surface area (Å²) in [6.07, 6.45) is 1.63. The highest BCUT2D eigenvalue weighted by Gasteiger charge is 2.29. The molecule has 1 saturated heterocycles. The highest BCUT2D eigenvalue weighted by atomic mass is 32.2. The van der Waals surface area contributed by atoms with Crippen molar-refractivity contribution in [2.75, 3.05) is 32.1 Å². The van der Waals surface area contributed by atoms with E-state index in [4.69, 9.17) is 4.74 Å². The summed E-state index contributed by atoms with van der Waals surface area (Å²) in [4.78, 5) is 10.7. The number of ether oxygens (including phenoxy) is 1. The normalized spacial score (nSPS) is 17.1. The van der Waals surface area contributed by atoms with Crippen molar-refractivity contribution in [3.05, 3.63) is 28.3 Å². The van der Waals surface area contributed by atoms with Crippen LogP contribution in [0.15, 0.2) is 23.1 Å². The fraction of sp³-hybridized carbons (Fsp3) is 0.571. The Hall–Kier alpha value is -1.71. The molecule has 0 unspecified atom stereocenters. The van der Waals surface area contributed by atoms with Crippen LogP contribution >= 0.6 is 0 Å². The molecule has 0 radical (unpaired) electrons. The van der Waals surface area contributed by atoms with Crippen LogP contribution in [0.3, 0.4) is 0 Å². The second kappa shape index (κ2) is 7.24. The maximum absolute atomic E-state index is 12.5. The van der Waals surface area contributed by atoms with Crippen LogP contribution in [0.2, 0.25) is 0 Å². The first kappa shape index (κ1) is 17.6. The Balaban J connectivity index is 2.34. The topological polar surface area (TPSA) is 102 Å². The van der Waals surface area contributed by atoms with Crippen molar-refractivity contribution in [2.24, 2.45) is 0 Å². The summed E-state index contributed by atoms with van der Waals surface area (Å²) in [5.74, 6) is 0. The average molecular weight is 343 g/mol. The van der Waals surface area contributed by atoms with Gasteiger partial charge in [-0.25, -0.2) is 8.42 Å². The van der Waals surface area contributed by atoms with Crippen molar-refractivity contribution in [1.29, 1.82) is 0 Å². The zero-order valence-electron chi connectivity index (χ0n) is 13.2. The summed E-state index contributed by atoms with van der Waals surface area (Å²) in [6, 6.07) is 3.82. The molecule has 1 aliphatic heterocycles. The number of nitrogens with zero attached hydrogens (tertiary/aromatic N) is 2. The Morgan fingerprint density at radius 2 is 2.04 bits per heavy atom. The molecule has 0 saturated carbocycles. The van der Waals surface area contributed by atoms with Gasteiger partial charge in [0, 0.05) is 32.3 Å². The Kier molecular flexibility index (Phi) is 5.55. The van der Waals surface area contributed by atoms with Crippen LogP contribution in [0.1, 0.15) is 19.8 Å². The van der Waals surface area contributed by atoms with Gasteiger partial charge in [0.05, 0.1) is 16.4 Å². The molecule has 1 aliphatic rings. The number of anilines is 1. The van der Waals surface area contributed by atoms with Crippen LogP contribution in [0, 0.1) is 10.1 Å². The van der Waals surface area contributed by atoms with E-state index in [2.05, 4.69) is 5.32 Å². The molecular formula is C14H21N3O5S. The number of benzene rings is 1. The number of rotatable bonds is 7. The van der Waals surface area contributed by atoms with Gasteiger partial charge in [-0.3, -0.25) is 10.1 Å². The average Bonchev–Trinajstić information content (AvgIpc) is 3.02. The van der Waals surface area contributed by atoms with E-state index in [1.54, 1.807) is 0 Å². The number of nitro benzene ring substituents is 1. The van der Waals surface area contributed by atoms with Crippen LogP contribution in [-0.4, -0.2) is 50.5 Å². The highest BCUT2D eigenvalue weighted by Crippen LogP contribution is 2.30. The van der Waals surface area contributed by atoms with E-state index < -0.39 is 14.9 Å². The number of hydrogen-bond donors (Lipinski definition) is 1. The van der Waals surface area contributed by atoms with E-state index in [1.165, 1.54) is 23.5 Å². The van der Waals surface area contributed by atoms with Crippen molar-refractivity contribution < 1.29 is 18.1 Å². The monoisotopic (exact) mass is 343 g/mol. The number of sulfonamides is 1. The first-order chi connectivity index (χ1) is 10.9. The molecule has 2 rings (SSSR count). The smallest absolute Gasteiger partial charge is 0.293 e. The summed E-state index contributed by atoms with van der Waals surface area (Å²) in [6.45, 7) is 3.12. The van der Waals surface area contributed by atoms with Gasteiger partial charge in [0.25, 0.3) is 5.69 Å². The number of hydrogen-bond acceptors (Lipinski definition) is 6. The maximum atomic E-state index is 12.5. The molecule has 1 aromatic carbocycles. The molecule has 9 heteroatoms. The summed E-state index contributed by atoms with van der Waals surface area (Å²) >= 11 is 0. The molecular weight excluding hydrogens is 322 g/mol. The summed E-state index contributed by atoms with van der Waals surface area (Å²) in [7, 11) is -2.13. The Bertz CT molecular complexity index is 671. The number of nitro groups is 1. The summed E-state index contributed by atoms with van der Waals surface area (Å²) in [5.41, 5.74) is 0.0214. The van der Waals surface area contributed by atoms with Crippen molar-refractivity contribution in [2.45, 2.75) is 30.7 Å². The van der Waals surface area contributed by atoms with E-state index in [-0.39, 0.29) is 22.3 Å². The fourth-order valence-corrected chi connectivity index (χ4v) is 4.12. The second-order valence-corrected chi connectivity index (χ2v) is 7.49. The highest BCUT2D eigenvalue weighted by molar-refractivity contribution is 7.89. The molecule has 1 N–H and O–H groups in total. The van der Waals surface area contributed by atoms with E-state index in [0.717, 1.165) is 18.9 Å². The Labute approximate surface area is 135 Å². The summed E-state index contributed by atoms with van der Waals surface area (Å²) < 4.78 is 31.4. The Morgan fingerprint density at radius 3 is 2.61 bits per heavy atom. The van der Waals surface area contributed by atoms with Crippen molar-refractivity contribution in [3.8, 4) is 0 Å². The van der Waals surface area contributed by atoms with Crippen LogP contribution in [0.25, 0.3) is 0 Å². The van der Waals surface area contributed by atoms with Crippen molar-refractivity contribution in [3.63, 3.8) is 0 Å². The van der Waals surface area contributed by atoms with Crippen LogP contribution in [0.5, 0.6) is 0 Å². The quantitative estimate of drug-likeness (QED) is 0.598. The molecule has 0 aliphatic carbocycles. The third-order valence-electron chi connectivity index (χ3n) is 3.69. The minimum Gasteiger partial charge on any atom is -0.383 e. The molecule has 1 fully saturated rings. The first-order valence-electron chi connectivity index (χ1n) is 7.40. The van der Waals surface area contributed by atoms with E-state index in [0.29, 0.717) is 19.7 Å². The molecule has 1 atom stereocenters. The van der Waals surface area contributed by atoms with Crippen molar-refractivity contribution >= 4 is 21.4 Å². The Morgan fingerprint density at radius 1 is 1.39 bits per heavy atom. The lowest BCUT2D eigenvalue weighted by Gasteiger charge is -2.17. The number of methoxy groups -OCH3 is 1. The van der Waals surface area contributed by atoms with Gasteiger partial charge in [-0.1, -0.05) is 0 Å². The SMILES string of the molecule is COC[C@H](C)Nc1ccc(S(=O)(=O)N2CCCC2)cc1[N+](=O)[O-]. The van der Waals surface area contributed by atoms with Crippen LogP contribution in [-0.2, 0) is 14.8 Å². The lowest BCUT2D eigenvalue weighted by atomic mass is 10.2. The molecule has 8 nitrogen and oxygen atoms in total. The molecule has 1 aromatic rings. The predicted molar refractivity (Wildman–Crippen MR) is 86.0 cm³/mol. The van der Waals surface area contributed by atoms with E-state index in [1.807, 2.05) is 6.92 Å². The third kappa shape index (κ3) is 3.98. The van der Waals surface area contributed by atoms with Gasteiger partial charge >= 0.3 is 0 Å². The van der Waals surface area contributed by atoms with Gasteiger partial charge in [-0.2, -0.15) is 4.31 Å². The molecule has 0 aromatic heterocycles. The predicted octanol–water partition coefficient (Wildman–Crippen LogP) is 1.83. The standard InChI is InChI=1S/C14H21N3O5S/c1-11(10-22-2)15-13-6-5-12(9-14(13)17(18)19)23(20,21)16-7-3-4-8-16/h5-6,9,11,15H,3-4,7-8,10H2,1-2H3/t11-/m0/s1. The van der Waals surface area contributed by atoms with Gasteiger partial charge in [-0.05, 0) is 31.9 Å². The van der Waals surface area contributed by atoms with E-state index in [9.17, 15) is 18.5 Å². The van der Waals surface area contributed by atoms with Gasteiger partial charge in [0.15, 0.2) is 0 Å². The molecule has 0 amide bonds. The lowest BCUT2D eigenvalue weighted by molar-refractivity contribution is -0.384. The molecule has 1 heterocycles. The van der Waals surface area contributed by atoms with Gasteiger partial charge in [0.2, 0.25) is 10.0 Å². The summed E-state index contributed by atoms with van der Waals surface area (Å²) in [5, 5.41) is 14.3.